The van der Waals surface area contributed by atoms with Gasteiger partial charge in [-0.3, -0.25) is 4.98 Å². The number of hydrogen-bond acceptors (Lipinski definition) is 6. The lowest BCUT2D eigenvalue weighted by molar-refractivity contribution is -0.137. The van der Waals surface area contributed by atoms with E-state index >= 15 is 0 Å². The quantitative estimate of drug-likeness (QED) is 0.376. The number of anilines is 3. The third-order valence-corrected chi connectivity index (χ3v) is 6.42. The second kappa shape index (κ2) is 10.4. The van der Waals surface area contributed by atoms with Crippen LogP contribution in [0, 0.1) is 0 Å². The Morgan fingerprint density at radius 1 is 1.11 bits per heavy atom. The van der Waals surface area contributed by atoms with Crippen LogP contribution in [-0.4, -0.2) is 52.9 Å². The molecule has 0 radical (unpaired) electrons. The maximum Gasteiger partial charge on any atom is 0.418 e. The van der Waals surface area contributed by atoms with Crippen molar-refractivity contribution in [3.63, 3.8) is 0 Å². The number of benzene rings is 2. The highest BCUT2D eigenvalue weighted by Gasteiger charge is 2.36. The average molecular weight is 581 g/mol. The molecule has 0 atom stereocenters. The molecule has 1 aliphatic rings. The SMILES string of the molecule is CC(C)(C)OC(=O)N1CCN(c2ccc(Nc3c(CO)cnc4ccc(Br)cc34)cc2C(F)(F)F)CC1. The summed E-state index contributed by atoms with van der Waals surface area (Å²) in [4.78, 5) is 19.8. The van der Waals surface area contributed by atoms with Crippen molar-refractivity contribution in [3.05, 3.63) is 58.2 Å². The number of aromatic nitrogens is 1. The molecule has 1 saturated heterocycles. The van der Waals surface area contributed by atoms with E-state index in [0.717, 1.165) is 10.5 Å². The minimum absolute atomic E-state index is 0.0478. The van der Waals surface area contributed by atoms with Crippen LogP contribution in [-0.2, 0) is 17.5 Å². The van der Waals surface area contributed by atoms with E-state index in [1.807, 2.05) is 6.07 Å². The molecule has 1 fully saturated rings. The van der Waals surface area contributed by atoms with E-state index in [2.05, 4.69) is 26.2 Å². The van der Waals surface area contributed by atoms with E-state index in [-0.39, 0.29) is 44.2 Å². The lowest BCUT2D eigenvalue weighted by atomic mass is 10.1. The average Bonchev–Trinajstić information content (AvgIpc) is 2.83. The van der Waals surface area contributed by atoms with Crippen LogP contribution in [0.4, 0.5) is 35.0 Å². The van der Waals surface area contributed by atoms with Gasteiger partial charge in [-0.2, -0.15) is 13.2 Å². The van der Waals surface area contributed by atoms with Gasteiger partial charge in [-0.05, 0) is 57.2 Å². The first-order valence-corrected chi connectivity index (χ1v) is 12.5. The molecule has 2 N–H and O–H groups in total. The molecule has 1 aliphatic heterocycles. The molecule has 7 nitrogen and oxygen atoms in total. The number of ether oxygens (including phenoxy) is 1. The Hall–Kier alpha value is -3.05. The minimum atomic E-state index is -4.60. The number of aliphatic hydroxyl groups excluding tert-OH is 1. The van der Waals surface area contributed by atoms with Gasteiger partial charge in [0.1, 0.15) is 5.60 Å². The Morgan fingerprint density at radius 2 is 1.81 bits per heavy atom. The standard InChI is InChI=1S/C26H28BrF3N4O3/c1-25(2,3)37-24(36)34-10-8-33(9-11-34)22-7-5-18(13-20(22)26(28,29)30)32-23-16(15-35)14-31-21-6-4-17(27)12-19(21)23/h4-7,12-14,35H,8-11,15H2,1-3H3,(H,31,32). The molecule has 4 rings (SSSR count). The van der Waals surface area contributed by atoms with Crippen molar-refractivity contribution < 1.29 is 27.8 Å². The van der Waals surface area contributed by atoms with Crippen LogP contribution < -0.4 is 10.2 Å². The summed E-state index contributed by atoms with van der Waals surface area (Å²) in [6.07, 6.45) is -3.57. The van der Waals surface area contributed by atoms with Gasteiger partial charge in [-0.25, -0.2) is 4.79 Å². The smallest absolute Gasteiger partial charge is 0.418 e. The number of aliphatic hydroxyl groups is 1. The summed E-state index contributed by atoms with van der Waals surface area (Å²) >= 11 is 3.41. The summed E-state index contributed by atoms with van der Waals surface area (Å²) in [7, 11) is 0. The van der Waals surface area contributed by atoms with Gasteiger partial charge in [0.25, 0.3) is 0 Å². The number of pyridine rings is 1. The number of rotatable bonds is 4. The van der Waals surface area contributed by atoms with Gasteiger partial charge in [0.2, 0.25) is 0 Å². The molecule has 198 valence electrons. The number of piperazine rings is 1. The molecule has 0 bridgehead atoms. The number of hydrogen-bond donors (Lipinski definition) is 2. The molecule has 37 heavy (non-hydrogen) atoms. The third-order valence-electron chi connectivity index (χ3n) is 5.92. The van der Waals surface area contributed by atoms with Gasteiger partial charge in [0.15, 0.2) is 0 Å². The zero-order valence-corrected chi connectivity index (χ0v) is 22.3. The van der Waals surface area contributed by atoms with Crippen LogP contribution in [0.2, 0.25) is 0 Å². The Kier molecular flexibility index (Phi) is 7.57. The molecule has 2 aromatic carbocycles. The number of alkyl halides is 3. The maximum atomic E-state index is 14.2. The summed E-state index contributed by atoms with van der Waals surface area (Å²) in [6.45, 7) is 5.97. The maximum absolute atomic E-state index is 14.2. The zero-order valence-electron chi connectivity index (χ0n) is 20.7. The number of amides is 1. The van der Waals surface area contributed by atoms with E-state index in [1.54, 1.807) is 43.9 Å². The van der Waals surface area contributed by atoms with Crippen LogP contribution in [0.3, 0.4) is 0 Å². The Morgan fingerprint density at radius 3 is 2.43 bits per heavy atom. The Labute approximate surface area is 221 Å². The molecule has 1 aromatic heterocycles. The van der Waals surface area contributed by atoms with Gasteiger partial charge in [-0.1, -0.05) is 15.9 Å². The molecule has 0 saturated carbocycles. The highest BCUT2D eigenvalue weighted by atomic mass is 79.9. The van der Waals surface area contributed by atoms with Crippen molar-refractivity contribution in [3.8, 4) is 0 Å². The monoisotopic (exact) mass is 580 g/mol. The fourth-order valence-corrected chi connectivity index (χ4v) is 4.55. The number of nitrogens with zero attached hydrogens (tertiary/aromatic N) is 3. The molecular weight excluding hydrogens is 553 g/mol. The van der Waals surface area contributed by atoms with Crippen molar-refractivity contribution in [1.82, 2.24) is 9.88 Å². The molecule has 2 heterocycles. The van der Waals surface area contributed by atoms with E-state index in [9.17, 15) is 23.1 Å². The molecular formula is C26H28BrF3N4O3. The van der Waals surface area contributed by atoms with Crippen molar-refractivity contribution >= 4 is 50.0 Å². The minimum Gasteiger partial charge on any atom is -0.444 e. The summed E-state index contributed by atoms with van der Waals surface area (Å²) in [6, 6.07) is 9.49. The second-order valence-corrected chi connectivity index (χ2v) is 10.7. The van der Waals surface area contributed by atoms with Gasteiger partial charge in [0, 0.05) is 59.2 Å². The summed E-state index contributed by atoms with van der Waals surface area (Å²) in [5, 5.41) is 13.6. The fourth-order valence-electron chi connectivity index (χ4n) is 4.19. The van der Waals surface area contributed by atoms with E-state index in [0.29, 0.717) is 22.2 Å². The highest BCUT2D eigenvalue weighted by molar-refractivity contribution is 9.10. The molecule has 0 aliphatic carbocycles. The first kappa shape index (κ1) is 27.0. The van der Waals surface area contributed by atoms with Crippen molar-refractivity contribution in [1.29, 1.82) is 0 Å². The van der Waals surface area contributed by atoms with E-state index in [4.69, 9.17) is 4.74 Å². The second-order valence-electron chi connectivity index (χ2n) is 9.79. The number of fused-ring (bicyclic) bond motifs is 1. The normalized spacial score (nSPS) is 14.7. The highest BCUT2D eigenvalue weighted by Crippen LogP contribution is 2.40. The summed E-state index contributed by atoms with van der Waals surface area (Å²) < 4.78 is 48.7. The summed E-state index contributed by atoms with van der Waals surface area (Å²) in [5.74, 6) is 0. The van der Waals surface area contributed by atoms with Crippen LogP contribution in [0.15, 0.2) is 47.1 Å². The van der Waals surface area contributed by atoms with E-state index < -0.39 is 23.4 Å². The van der Waals surface area contributed by atoms with Crippen LogP contribution >= 0.6 is 15.9 Å². The number of halogens is 4. The number of nitrogens with one attached hydrogen (secondary N) is 1. The van der Waals surface area contributed by atoms with Gasteiger partial charge in [0.05, 0.1) is 23.4 Å². The molecule has 3 aromatic rings. The van der Waals surface area contributed by atoms with Gasteiger partial charge >= 0.3 is 12.3 Å². The predicted octanol–water partition coefficient (Wildman–Crippen LogP) is 6.31. The topological polar surface area (TPSA) is 77.9 Å². The molecule has 11 heteroatoms. The Balaban J connectivity index is 1.61. The number of carbonyl (C=O) groups excluding carboxylic acids is 1. The van der Waals surface area contributed by atoms with Crippen LogP contribution in [0.5, 0.6) is 0 Å². The van der Waals surface area contributed by atoms with Crippen LogP contribution in [0.1, 0.15) is 31.9 Å². The lowest BCUT2D eigenvalue weighted by Crippen LogP contribution is -2.50. The lowest BCUT2D eigenvalue weighted by Gasteiger charge is -2.37. The van der Waals surface area contributed by atoms with Gasteiger partial charge < -0.3 is 25.0 Å². The Bertz CT molecular complexity index is 1300. The first-order valence-electron chi connectivity index (χ1n) is 11.7. The van der Waals surface area contributed by atoms with E-state index in [1.165, 1.54) is 17.2 Å². The van der Waals surface area contributed by atoms with Crippen molar-refractivity contribution in [2.45, 2.75) is 39.2 Å². The largest absolute Gasteiger partial charge is 0.444 e. The summed E-state index contributed by atoms with van der Waals surface area (Å²) in [5.41, 5.74) is 0.429. The molecule has 0 spiro atoms. The molecule has 0 unspecified atom stereocenters. The number of carbonyl (C=O) groups is 1. The fraction of sp³-hybridized carbons (Fsp3) is 0.385. The van der Waals surface area contributed by atoms with Crippen LogP contribution in [0.25, 0.3) is 10.9 Å². The molecule has 1 amide bonds. The predicted molar refractivity (Wildman–Crippen MR) is 140 cm³/mol. The van der Waals surface area contributed by atoms with Gasteiger partial charge in [-0.15, -0.1) is 0 Å². The van der Waals surface area contributed by atoms with Crippen molar-refractivity contribution in [2.24, 2.45) is 0 Å². The van der Waals surface area contributed by atoms with Crippen molar-refractivity contribution in [2.75, 3.05) is 36.4 Å². The zero-order chi connectivity index (χ0) is 27.0. The third kappa shape index (κ3) is 6.27. The first-order chi connectivity index (χ1) is 17.4.